The zero-order valence-corrected chi connectivity index (χ0v) is 19.4. The molecule has 1 fully saturated rings. The molecule has 0 radical (unpaired) electrons. The topological polar surface area (TPSA) is 56.1 Å². The number of hydrogen-bond acceptors (Lipinski definition) is 5. The van der Waals surface area contributed by atoms with E-state index in [9.17, 15) is 4.39 Å². The van der Waals surface area contributed by atoms with E-state index in [0.717, 1.165) is 41.1 Å². The van der Waals surface area contributed by atoms with Crippen molar-refractivity contribution in [2.45, 2.75) is 39.7 Å². The Morgan fingerprint density at radius 2 is 1.85 bits per heavy atom. The third-order valence-electron chi connectivity index (χ3n) is 6.61. The minimum Gasteiger partial charge on any atom is -0.494 e. The molecule has 5 rings (SSSR count). The molecule has 0 saturated carbocycles. The maximum absolute atomic E-state index is 14.9. The Kier molecular flexibility index (Phi) is 5.58. The van der Waals surface area contributed by atoms with Crippen molar-refractivity contribution in [3.63, 3.8) is 0 Å². The first-order valence-electron chi connectivity index (χ1n) is 11.4. The molecule has 1 saturated heterocycles. The molecule has 3 heterocycles. The number of halogens is 1. The standard InChI is InChI=1S/C26H28FN5O/c1-5-33-21-11-12-23(22(27)13-21)32-18(4)24-16(2)28-29-25(26(24)30-32)20-14-31(15-20)17(3)19-9-7-6-8-10-19/h6-13,17,20H,5,14-15H2,1-4H3. The molecule has 0 aliphatic carbocycles. The number of aryl methyl sites for hydroxylation is 2. The lowest BCUT2D eigenvalue weighted by molar-refractivity contribution is 0.0987. The van der Waals surface area contributed by atoms with E-state index in [2.05, 4.69) is 46.3 Å². The van der Waals surface area contributed by atoms with Gasteiger partial charge in [-0.1, -0.05) is 30.3 Å². The van der Waals surface area contributed by atoms with Gasteiger partial charge in [-0.2, -0.15) is 15.3 Å². The SMILES string of the molecule is CCOc1ccc(-n2nc3c(C4CN(C(C)c5ccccc5)C4)nnc(C)c3c2C)c(F)c1. The highest BCUT2D eigenvalue weighted by molar-refractivity contribution is 5.86. The molecule has 1 unspecified atom stereocenters. The predicted octanol–water partition coefficient (Wildman–Crippen LogP) is 5.13. The van der Waals surface area contributed by atoms with Gasteiger partial charge in [0.05, 0.1) is 23.7 Å². The fourth-order valence-electron chi connectivity index (χ4n) is 4.71. The zero-order valence-electron chi connectivity index (χ0n) is 19.4. The van der Waals surface area contributed by atoms with E-state index in [0.29, 0.717) is 24.1 Å². The highest BCUT2D eigenvalue weighted by atomic mass is 19.1. The van der Waals surface area contributed by atoms with Crippen molar-refractivity contribution >= 4 is 10.9 Å². The third kappa shape index (κ3) is 3.76. The van der Waals surface area contributed by atoms with Gasteiger partial charge in [-0.3, -0.25) is 4.90 Å². The maximum atomic E-state index is 14.9. The van der Waals surface area contributed by atoms with Crippen molar-refractivity contribution in [2.24, 2.45) is 0 Å². The van der Waals surface area contributed by atoms with Gasteiger partial charge in [-0.25, -0.2) is 9.07 Å². The number of hydrogen-bond donors (Lipinski definition) is 0. The molecule has 0 bridgehead atoms. The lowest BCUT2D eigenvalue weighted by Crippen LogP contribution is -2.46. The van der Waals surface area contributed by atoms with Crippen LogP contribution in [0.15, 0.2) is 48.5 Å². The van der Waals surface area contributed by atoms with Gasteiger partial charge in [0.15, 0.2) is 5.82 Å². The van der Waals surface area contributed by atoms with Gasteiger partial charge in [0, 0.05) is 36.5 Å². The third-order valence-corrected chi connectivity index (χ3v) is 6.61. The van der Waals surface area contributed by atoms with Crippen LogP contribution in [0, 0.1) is 19.7 Å². The Bertz CT molecular complexity index is 1300. The summed E-state index contributed by atoms with van der Waals surface area (Å²) in [7, 11) is 0. The Hall–Kier alpha value is -3.32. The normalized spacial score (nSPS) is 15.5. The summed E-state index contributed by atoms with van der Waals surface area (Å²) in [4.78, 5) is 2.43. The van der Waals surface area contributed by atoms with E-state index in [1.54, 1.807) is 16.8 Å². The highest BCUT2D eigenvalue weighted by Crippen LogP contribution is 2.37. The molecule has 2 aromatic heterocycles. The highest BCUT2D eigenvalue weighted by Gasteiger charge is 2.35. The Balaban J connectivity index is 1.47. The fourth-order valence-corrected chi connectivity index (χ4v) is 4.71. The van der Waals surface area contributed by atoms with Crippen molar-refractivity contribution in [3.8, 4) is 11.4 Å². The van der Waals surface area contributed by atoms with Crippen LogP contribution in [0.1, 0.15) is 48.5 Å². The lowest BCUT2D eigenvalue weighted by atomic mass is 9.91. The largest absolute Gasteiger partial charge is 0.494 e. The summed E-state index contributed by atoms with van der Waals surface area (Å²) in [6.45, 7) is 10.3. The van der Waals surface area contributed by atoms with Crippen LogP contribution in [-0.4, -0.2) is 44.6 Å². The van der Waals surface area contributed by atoms with E-state index >= 15 is 0 Å². The first-order valence-corrected chi connectivity index (χ1v) is 11.4. The second-order valence-corrected chi connectivity index (χ2v) is 8.68. The van der Waals surface area contributed by atoms with Crippen LogP contribution in [0.25, 0.3) is 16.6 Å². The van der Waals surface area contributed by atoms with Gasteiger partial charge in [0.1, 0.15) is 17.0 Å². The monoisotopic (exact) mass is 445 g/mol. The first-order chi connectivity index (χ1) is 16.0. The molecule has 1 aliphatic rings. The predicted molar refractivity (Wildman–Crippen MR) is 126 cm³/mol. The molecule has 0 N–H and O–H groups in total. The summed E-state index contributed by atoms with van der Waals surface area (Å²) in [6.07, 6.45) is 0. The molecule has 1 aliphatic heterocycles. The van der Waals surface area contributed by atoms with Crippen LogP contribution in [0.4, 0.5) is 4.39 Å². The van der Waals surface area contributed by atoms with E-state index < -0.39 is 0 Å². The van der Waals surface area contributed by atoms with Gasteiger partial charge >= 0.3 is 0 Å². The summed E-state index contributed by atoms with van der Waals surface area (Å²) < 4.78 is 22.0. The molecule has 1 atom stereocenters. The van der Waals surface area contributed by atoms with Crippen LogP contribution in [0.3, 0.4) is 0 Å². The summed E-state index contributed by atoms with van der Waals surface area (Å²) in [5.41, 5.74) is 5.06. The Morgan fingerprint density at radius 1 is 1.09 bits per heavy atom. The van der Waals surface area contributed by atoms with Gasteiger partial charge in [-0.15, -0.1) is 0 Å². The smallest absolute Gasteiger partial charge is 0.152 e. The van der Waals surface area contributed by atoms with Crippen molar-refractivity contribution in [1.82, 2.24) is 24.9 Å². The van der Waals surface area contributed by atoms with E-state index in [4.69, 9.17) is 9.84 Å². The average molecular weight is 446 g/mol. The number of ether oxygens (including phenoxy) is 1. The van der Waals surface area contributed by atoms with E-state index in [-0.39, 0.29) is 11.7 Å². The Labute approximate surface area is 193 Å². The molecule has 7 heteroatoms. The Morgan fingerprint density at radius 3 is 2.55 bits per heavy atom. The zero-order chi connectivity index (χ0) is 23.1. The van der Waals surface area contributed by atoms with Crippen LogP contribution >= 0.6 is 0 Å². The van der Waals surface area contributed by atoms with Crippen molar-refractivity contribution in [2.75, 3.05) is 19.7 Å². The van der Waals surface area contributed by atoms with Crippen molar-refractivity contribution < 1.29 is 9.13 Å². The number of rotatable bonds is 6. The molecule has 4 aromatic rings. The van der Waals surface area contributed by atoms with Crippen molar-refractivity contribution in [3.05, 3.63) is 77.0 Å². The number of fused-ring (bicyclic) bond motifs is 1. The summed E-state index contributed by atoms with van der Waals surface area (Å²) >= 11 is 0. The summed E-state index contributed by atoms with van der Waals surface area (Å²) in [5.74, 6) is 0.388. The minimum atomic E-state index is -0.372. The molecule has 0 spiro atoms. The average Bonchev–Trinajstić information content (AvgIpc) is 3.13. The fraction of sp³-hybridized carbons (Fsp3) is 0.346. The number of nitrogens with zero attached hydrogens (tertiary/aromatic N) is 5. The molecule has 33 heavy (non-hydrogen) atoms. The number of benzene rings is 2. The molecule has 0 amide bonds. The van der Waals surface area contributed by atoms with Crippen molar-refractivity contribution in [1.29, 1.82) is 0 Å². The second kappa shape index (κ2) is 8.56. The van der Waals surface area contributed by atoms with Crippen LogP contribution < -0.4 is 4.74 Å². The van der Waals surface area contributed by atoms with Gasteiger partial charge in [-0.05, 0) is 45.4 Å². The maximum Gasteiger partial charge on any atom is 0.152 e. The van der Waals surface area contributed by atoms with Gasteiger partial charge < -0.3 is 4.74 Å². The minimum absolute atomic E-state index is 0.250. The molecule has 2 aromatic carbocycles. The molecular formula is C26H28FN5O. The van der Waals surface area contributed by atoms with Crippen LogP contribution in [0.2, 0.25) is 0 Å². The van der Waals surface area contributed by atoms with E-state index in [1.165, 1.54) is 11.6 Å². The molecular weight excluding hydrogens is 417 g/mol. The van der Waals surface area contributed by atoms with Crippen LogP contribution in [0.5, 0.6) is 5.75 Å². The number of aromatic nitrogens is 4. The number of likely N-dealkylation sites (tertiary alicyclic amines) is 1. The quantitative estimate of drug-likeness (QED) is 0.412. The molecule has 170 valence electrons. The van der Waals surface area contributed by atoms with E-state index in [1.807, 2.05) is 26.8 Å². The van der Waals surface area contributed by atoms with Crippen LogP contribution in [-0.2, 0) is 0 Å². The lowest BCUT2D eigenvalue weighted by Gasteiger charge is -2.43. The first kappa shape index (κ1) is 21.5. The molecule has 6 nitrogen and oxygen atoms in total. The van der Waals surface area contributed by atoms with Gasteiger partial charge in [0.2, 0.25) is 0 Å². The summed E-state index contributed by atoms with van der Waals surface area (Å²) in [5, 5.41) is 14.7. The second-order valence-electron chi connectivity index (χ2n) is 8.68. The van der Waals surface area contributed by atoms with Gasteiger partial charge in [0.25, 0.3) is 0 Å². The summed E-state index contributed by atoms with van der Waals surface area (Å²) in [6, 6.07) is 15.8.